The molecule has 2 unspecified atom stereocenters. The lowest BCUT2D eigenvalue weighted by Crippen LogP contribution is -2.49. The van der Waals surface area contributed by atoms with E-state index in [1.807, 2.05) is 24.3 Å². The first-order chi connectivity index (χ1) is 20.4. The summed E-state index contributed by atoms with van der Waals surface area (Å²) in [5.41, 5.74) is 7.70. The summed E-state index contributed by atoms with van der Waals surface area (Å²) in [5, 5.41) is 0.277. The molecule has 4 atom stereocenters. The largest absolute Gasteiger partial charge is 0.415 e. The highest BCUT2D eigenvalue weighted by atomic mass is 28.4. The molecule has 44 heavy (non-hydrogen) atoms. The standard InChI is InChI=1S/C33H56N6O3Si2/c1-32(2,3)43(7,8)40-21-25-15-16-26(22-41-44(9,10)33(4,5)6)39(25)31-36-29(23-11-13-24(34)14-12-23)35-30(37-31)38-19-27-17-18-28(20-38)42-27/h11-14,25-28H,15-22,34H2,1-10H3/t25-,26+,27?,28?. The number of hydrogen-bond donors (Lipinski definition) is 1. The zero-order valence-corrected chi connectivity index (χ0v) is 30.8. The Balaban J connectivity index is 1.53. The number of benzene rings is 1. The number of nitrogens with two attached hydrogens (primary N) is 1. The quantitative estimate of drug-likeness (QED) is 0.233. The number of hydrogen-bond acceptors (Lipinski definition) is 9. The maximum Gasteiger partial charge on any atom is 0.231 e. The van der Waals surface area contributed by atoms with Gasteiger partial charge in [-0.1, -0.05) is 41.5 Å². The molecule has 3 fully saturated rings. The Labute approximate surface area is 267 Å². The van der Waals surface area contributed by atoms with Crippen molar-refractivity contribution in [2.45, 2.75) is 128 Å². The van der Waals surface area contributed by atoms with E-state index in [-0.39, 0.29) is 34.4 Å². The fourth-order valence-corrected chi connectivity index (χ4v) is 7.89. The fraction of sp³-hybridized carbons (Fsp3) is 0.727. The van der Waals surface area contributed by atoms with Gasteiger partial charge in [-0.2, -0.15) is 15.0 Å². The van der Waals surface area contributed by atoms with Crippen molar-refractivity contribution in [3.63, 3.8) is 0 Å². The Morgan fingerprint density at radius 3 is 1.70 bits per heavy atom. The van der Waals surface area contributed by atoms with E-state index in [2.05, 4.69) is 77.5 Å². The van der Waals surface area contributed by atoms with Crippen LogP contribution in [0.4, 0.5) is 17.6 Å². The normalized spacial score (nSPS) is 24.8. The minimum atomic E-state index is -1.95. The van der Waals surface area contributed by atoms with E-state index >= 15 is 0 Å². The molecule has 3 saturated heterocycles. The van der Waals surface area contributed by atoms with Crippen molar-refractivity contribution in [3.05, 3.63) is 24.3 Å². The summed E-state index contributed by atoms with van der Waals surface area (Å²) < 4.78 is 19.8. The molecular weight excluding hydrogens is 585 g/mol. The molecule has 5 rings (SSSR count). The number of ether oxygens (including phenoxy) is 1. The third kappa shape index (κ3) is 7.17. The molecule has 2 N–H and O–H groups in total. The average Bonchev–Trinajstić information content (AvgIpc) is 3.51. The Morgan fingerprint density at radius 1 is 0.750 bits per heavy atom. The van der Waals surface area contributed by atoms with Crippen LogP contribution in [0.5, 0.6) is 0 Å². The number of morpholine rings is 1. The SMILES string of the molecule is CC(C)(C)[Si](C)(C)OC[C@H]1CC[C@@H](CO[Si](C)(C)C(C)(C)C)N1c1nc(-c2ccc(N)cc2)nc(N2CC3CCC(C2)O3)n1. The van der Waals surface area contributed by atoms with E-state index in [1.54, 1.807) is 0 Å². The van der Waals surface area contributed by atoms with Gasteiger partial charge in [-0.3, -0.25) is 0 Å². The highest BCUT2D eigenvalue weighted by molar-refractivity contribution is 6.74. The van der Waals surface area contributed by atoms with Gasteiger partial charge in [-0.05, 0) is 86.2 Å². The van der Waals surface area contributed by atoms with Gasteiger partial charge in [0.05, 0.1) is 37.5 Å². The van der Waals surface area contributed by atoms with Crippen LogP contribution >= 0.6 is 0 Å². The van der Waals surface area contributed by atoms with E-state index in [0.717, 1.165) is 56.0 Å². The van der Waals surface area contributed by atoms with E-state index < -0.39 is 16.6 Å². The smallest absolute Gasteiger partial charge is 0.231 e. The monoisotopic (exact) mass is 640 g/mol. The molecule has 244 valence electrons. The van der Waals surface area contributed by atoms with Gasteiger partial charge in [-0.25, -0.2) is 0 Å². The third-order valence-electron chi connectivity index (χ3n) is 10.8. The molecule has 0 radical (unpaired) electrons. The summed E-state index contributed by atoms with van der Waals surface area (Å²) in [6, 6.07) is 8.15. The zero-order valence-electron chi connectivity index (χ0n) is 28.8. The molecular formula is C33H56N6O3Si2. The van der Waals surface area contributed by atoms with E-state index in [4.69, 9.17) is 34.3 Å². The van der Waals surface area contributed by atoms with Gasteiger partial charge in [0.25, 0.3) is 0 Å². The van der Waals surface area contributed by atoms with Crippen LogP contribution in [0.25, 0.3) is 11.4 Å². The average molecular weight is 641 g/mol. The number of nitrogen functional groups attached to an aromatic ring is 1. The van der Waals surface area contributed by atoms with Gasteiger partial charge in [0, 0.05) is 24.3 Å². The van der Waals surface area contributed by atoms with Gasteiger partial charge in [-0.15, -0.1) is 0 Å². The summed E-state index contributed by atoms with van der Waals surface area (Å²) in [7, 11) is -3.90. The molecule has 0 amide bonds. The molecule has 9 nitrogen and oxygen atoms in total. The Kier molecular flexibility index (Phi) is 9.29. The van der Waals surface area contributed by atoms with Crippen molar-refractivity contribution >= 4 is 34.2 Å². The predicted molar refractivity (Wildman–Crippen MR) is 185 cm³/mol. The van der Waals surface area contributed by atoms with E-state index in [0.29, 0.717) is 25.0 Å². The van der Waals surface area contributed by atoms with E-state index in [9.17, 15) is 0 Å². The van der Waals surface area contributed by atoms with Crippen LogP contribution in [0.3, 0.4) is 0 Å². The van der Waals surface area contributed by atoms with Crippen molar-refractivity contribution in [2.75, 3.05) is 41.8 Å². The maximum atomic E-state index is 6.84. The lowest BCUT2D eigenvalue weighted by atomic mass is 10.2. The lowest BCUT2D eigenvalue weighted by Gasteiger charge is -2.40. The Bertz CT molecular complexity index is 1240. The van der Waals surface area contributed by atoms with Gasteiger partial charge < -0.3 is 29.1 Å². The molecule has 0 aliphatic carbocycles. The van der Waals surface area contributed by atoms with Crippen molar-refractivity contribution in [3.8, 4) is 11.4 Å². The van der Waals surface area contributed by atoms with E-state index in [1.165, 1.54) is 0 Å². The summed E-state index contributed by atoms with van der Waals surface area (Å²) in [6.07, 6.45) is 4.68. The lowest BCUT2D eigenvalue weighted by molar-refractivity contribution is 0.0299. The Morgan fingerprint density at radius 2 is 1.23 bits per heavy atom. The van der Waals surface area contributed by atoms with Crippen LogP contribution in [0.1, 0.15) is 67.2 Å². The van der Waals surface area contributed by atoms with Crippen molar-refractivity contribution in [1.29, 1.82) is 0 Å². The first kappa shape index (κ1) is 33.3. The van der Waals surface area contributed by atoms with Gasteiger partial charge in [0.2, 0.25) is 11.9 Å². The summed E-state index contributed by atoms with van der Waals surface area (Å²) in [6.45, 7) is 26.0. The minimum absolute atomic E-state index is 0.139. The van der Waals surface area contributed by atoms with Gasteiger partial charge in [0.15, 0.2) is 22.5 Å². The highest BCUT2D eigenvalue weighted by Gasteiger charge is 2.44. The number of fused-ring (bicyclic) bond motifs is 2. The molecule has 1 aromatic heterocycles. The molecule has 1 aromatic carbocycles. The topological polar surface area (TPSA) is 98.9 Å². The molecule has 3 aliphatic heterocycles. The third-order valence-corrected chi connectivity index (χ3v) is 19.8. The van der Waals surface area contributed by atoms with Crippen LogP contribution in [-0.4, -0.2) is 82.2 Å². The first-order valence-electron chi connectivity index (χ1n) is 16.5. The second kappa shape index (κ2) is 12.3. The predicted octanol–water partition coefficient (Wildman–Crippen LogP) is 6.87. The van der Waals surface area contributed by atoms with Crippen LogP contribution in [0.15, 0.2) is 24.3 Å². The van der Waals surface area contributed by atoms with Crippen LogP contribution in [0.2, 0.25) is 36.3 Å². The second-order valence-electron chi connectivity index (χ2n) is 16.2. The molecule has 4 heterocycles. The molecule has 11 heteroatoms. The molecule has 2 bridgehead atoms. The summed E-state index contributed by atoms with van der Waals surface area (Å²) in [5.74, 6) is 2.11. The second-order valence-corrected chi connectivity index (χ2v) is 25.8. The van der Waals surface area contributed by atoms with Gasteiger partial charge in [0.1, 0.15) is 0 Å². The maximum absolute atomic E-state index is 6.84. The number of rotatable bonds is 9. The molecule has 2 aromatic rings. The minimum Gasteiger partial charge on any atom is -0.415 e. The first-order valence-corrected chi connectivity index (χ1v) is 22.3. The van der Waals surface area contributed by atoms with Gasteiger partial charge >= 0.3 is 0 Å². The van der Waals surface area contributed by atoms with Crippen LogP contribution < -0.4 is 15.5 Å². The summed E-state index contributed by atoms with van der Waals surface area (Å²) >= 11 is 0. The highest BCUT2D eigenvalue weighted by Crippen LogP contribution is 2.40. The molecule has 0 saturated carbocycles. The zero-order chi connectivity index (χ0) is 32.1. The van der Waals surface area contributed by atoms with Crippen LogP contribution in [-0.2, 0) is 13.6 Å². The molecule has 0 spiro atoms. The number of anilines is 3. The fourth-order valence-electron chi connectivity index (χ4n) is 5.81. The number of nitrogens with zero attached hydrogens (tertiary/aromatic N) is 5. The van der Waals surface area contributed by atoms with Crippen molar-refractivity contribution in [1.82, 2.24) is 15.0 Å². The summed E-state index contributed by atoms with van der Waals surface area (Å²) in [4.78, 5) is 20.2. The number of aromatic nitrogens is 3. The van der Waals surface area contributed by atoms with Crippen molar-refractivity contribution in [2.24, 2.45) is 0 Å². The molecule has 3 aliphatic rings. The van der Waals surface area contributed by atoms with Crippen molar-refractivity contribution < 1.29 is 13.6 Å². The van der Waals surface area contributed by atoms with Crippen LogP contribution in [0, 0.1) is 0 Å². The Hall–Kier alpha value is -2.06.